The van der Waals surface area contributed by atoms with Gasteiger partial charge in [0.05, 0.1) is 13.0 Å². The van der Waals surface area contributed by atoms with Crippen LogP contribution in [0.1, 0.15) is 19.4 Å². The van der Waals surface area contributed by atoms with Gasteiger partial charge in [0, 0.05) is 16.6 Å². The van der Waals surface area contributed by atoms with Gasteiger partial charge in [0.1, 0.15) is 10.6 Å². The van der Waals surface area contributed by atoms with E-state index >= 15 is 0 Å². The van der Waals surface area contributed by atoms with E-state index in [0.29, 0.717) is 10.6 Å². The molecule has 0 amide bonds. The number of methoxy groups -OCH3 is 1. The molecule has 0 aliphatic carbocycles. The first-order valence-electron chi connectivity index (χ1n) is 5.26. The maximum atomic E-state index is 12.1. The number of halogens is 2. The number of sulfonamides is 1. The highest BCUT2D eigenvalue weighted by Gasteiger charge is 2.23. The van der Waals surface area contributed by atoms with Gasteiger partial charge in [0.25, 0.3) is 0 Å². The Morgan fingerprint density at radius 3 is 2.44 bits per heavy atom. The number of alkyl halides is 1. The van der Waals surface area contributed by atoms with Gasteiger partial charge in [-0.05, 0) is 26.0 Å². The number of rotatable bonds is 5. The molecule has 0 heterocycles. The van der Waals surface area contributed by atoms with E-state index in [0.717, 1.165) is 0 Å². The Hall–Kier alpha value is -0.490. The van der Waals surface area contributed by atoms with E-state index in [2.05, 4.69) is 4.72 Å². The van der Waals surface area contributed by atoms with Crippen LogP contribution in [0.3, 0.4) is 0 Å². The molecule has 102 valence electrons. The number of nitrogens with one attached hydrogen (secondary N) is 1. The summed E-state index contributed by atoms with van der Waals surface area (Å²) >= 11 is 11.7. The van der Waals surface area contributed by atoms with Crippen molar-refractivity contribution < 1.29 is 13.2 Å². The van der Waals surface area contributed by atoms with Gasteiger partial charge in [0.15, 0.2) is 0 Å². The molecule has 7 heteroatoms. The fourth-order valence-corrected chi connectivity index (χ4v) is 3.52. The highest BCUT2D eigenvalue weighted by Crippen LogP contribution is 2.32. The third kappa shape index (κ3) is 3.51. The number of benzene rings is 1. The second kappa shape index (κ2) is 6.10. The predicted molar refractivity (Wildman–Crippen MR) is 73.0 cm³/mol. The second-order valence-electron chi connectivity index (χ2n) is 4.01. The molecule has 0 fully saturated rings. The first kappa shape index (κ1) is 15.6. The first-order chi connectivity index (χ1) is 8.31. The Balaban J connectivity index is 3.44. The van der Waals surface area contributed by atoms with Gasteiger partial charge in [-0.25, -0.2) is 13.1 Å². The van der Waals surface area contributed by atoms with Crippen LogP contribution in [-0.2, 0) is 15.9 Å². The van der Waals surface area contributed by atoms with Gasteiger partial charge in [-0.3, -0.25) is 0 Å². The Kier molecular flexibility index (Phi) is 5.28. The standard InChI is InChI=1S/C11H15Cl2NO3S/c1-7(2)14-18(15,16)10-5-9(13)4-8(6-12)11(10)17-3/h4-5,7,14H,6H2,1-3H3. The summed E-state index contributed by atoms with van der Waals surface area (Å²) < 4.78 is 31.9. The Morgan fingerprint density at radius 1 is 1.39 bits per heavy atom. The third-order valence-corrected chi connectivity index (χ3v) is 4.30. The molecular weight excluding hydrogens is 297 g/mol. The summed E-state index contributed by atoms with van der Waals surface area (Å²) in [5.74, 6) is 0.344. The molecular formula is C11H15Cl2NO3S. The normalized spacial score (nSPS) is 11.9. The molecule has 1 N–H and O–H groups in total. The fourth-order valence-electron chi connectivity index (χ4n) is 1.53. The van der Waals surface area contributed by atoms with Crippen molar-refractivity contribution in [3.63, 3.8) is 0 Å². The molecule has 0 saturated heterocycles. The molecule has 0 aromatic heterocycles. The van der Waals surface area contributed by atoms with Crippen LogP contribution in [0.15, 0.2) is 17.0 Å². The summed E-state index contributed by atoms with van der Waals surface area (Å²) in [5.41, 5.74) is 0.538. The van der Waals surface area contributed by atoms with Crippen molar-refractivity contribution in [1.29, 1.82) is 0 Å². The van der Waals surface area contributed by atoms with Crippen molar-refractivity contribution in [3.8, 4) is 5.75 Å². The molecule has 4 nitrogen and oxygen atoms in total. The maximum absolute atomic E-state index is 12.1. The maximum Gasteiger partial charge on any atom is 0.244 e. The smallest absolute Gasteiger partial charge is 0.244 e. The molecule has 1 rings (SSSR count). The van der Waals surface area contributed by atoms with Gasteiger partial charge < -0.3 is 4.74 Å². The lowest BCUT2D eigenvalue weighted by Crippen LogP contribution is -2.30. The van der Waals surface area contributed by atoms with E-state index in [9.17, 15) is 8.42 Å². The number of hydrogen-bond donors (Lipinski definition) is 1. The van der Waals surface area contributed by atoms with Crippen LogP contribution in [0, 0.1) is 0 Å². The average Bonchev–Trinajstić information content (AvgIpc) is 2.26. The lowest BCUT2D eigenvalue weighted by molar-refractivity contribution is 0.398. The van der Waals surface area contributed by atoms with Gasteiger partial charge >= 0.3 is 0 Å². The number of hydrogen-bond acceptors (Lipinski definition) is 3. The molecule has 0 bridgehead atoms. The van der Waals surface area contributed by atoms with Crippen molar-refractivity contribution in [2.45, 2.75) is 30.7 Å². The second-order valence-corrected chi connectivity index (χ2v) is 6.39. The molecule has 0 radical (unpaired) electrons. The lowest BCUT2D eigenvalue weighted by atomic mass is 10.2. The lowest BCUT2D eigenvalue weighted by Gasteiger charge is -2.15. The monoisotopic (exact) mass is 311 g/mol. The molecule has 0 unspecified atom stereocenters. The van der Waals surface area contributed by atoms with Crippen LogP contribution in [0.2, 0.25) is 5.02 Å². The Bertz CT molecular complexity index is 529. The topological polar surface area (TPSA) is 55.4 Å². The van der Waals surface area contributed by atoms with Gasteiger partial charge in [0.2, 0.25) is 10.0 Å². The van der Waals surface area contributed by atoms with Gasteiger partial charge in [-0.1, -0.05) is 11.6 Å². The highest BCUT2D eigenvalue weighted by molar-refractivity contribution is 7.89. The van der Waals surface area contributed by atoms with Crippen molar-refractivity contribution >= 4 is 33.2 Å². The Labute approximate surface area is 117 Å². The quantitative estimate of drug-likeness (QED) is 0.851. The summed E-state index contributed by atoms with van der Waals surface area (Å²) in [7, 11) is -2.28. The van der Waals surface area contributed by atoms with Crippen LogP contribution in [0.25, 0.3) is 0 Å². The molecule has 0 saturated carbocycles. The average molecular weight is 312 g/mol. The van der Waals surface area contributed by atoms with Crippen molar-refractivity contribution in [2.75, 3.05) is 7.11 Å². The zero-order chi connectivity index (χ0) is 13.9. The Morgan fingerprint density at radius 2 is 2.00 bits per heavy atom. The molecule has 1 aromatic carbocycles. The minimum Gasteiger partial charge on any atom is -0.495 e. The SMILES string of the molecule is COc1c(CCl)cc(Cl)cc1S(=O)(=O)NC(C)C. The van der Waals surface area contributed by atoms with Crippen molar-refractivity contribution in [1.82, 2.24) is 4.72 Å². The van der Waals surface area contributed by atoms with E-state index < -0.39 is 10.0 Å². The largest absolute Gasteiger partial charge is 0.495 e. The highest BCUT2D eigenvalue weighted by atomic mass is 35.5. The van der Waals surface area contributed by atoms with E-state index in [1.54, 1.807) is 19.9 Å². The molecule has 0 aliphatic rings. The van der Waals surface area contributed by atoms with Crippen LogP contribution in [0.5, 0.6) is 5.75 Å². The summed E-state index contributed by atoms with van der Waals surface area (Å²) in [6.45, 7) is 3.47. The summed E-state index contributed by atoms with van der Waals surface area (Å²) in [6, 6.07) is 2.71. The minimum atomic E-state index is -3.68. The molecule has 0 atom stereocenters. The van der Waals surface area contributed by atoms with E-state index in [1.165, 1.54) is 13.2 Å². The molecule has 0 aliphatic heterocycles. The van der Waals surface area contributed by atoms with Crippen LogP contribution in [-0.4, -0.2) is 21.6 Å². The first-order valence-corrected chi connectivity index (χ1v) is 7.66. The van der Waals surface area contributed by atoms with Gasteiger partial charge in [-0.2, -0.15) is 0 Å². The summed E-state index contributed by atoms with van der Waals surface area (Å²) in [6.07, 6.45) is 0. The molecule has 1 aromatic rings. The fraction of sp³-hybridized carbons (Fsp3) is 0.455. The summed E-state index contributed by atoms with van der Waals surface area (Å²) in [5, 5.41) is 0.301. The number of ether oxygens (including phenoxy) is 1. The van der Waals surface area contributed by atoms with Gasteiger partial charge in [-0.15, -0.1) is 11.6 Å². The zero-order valence-electron chi connectivity index (χ0n) is 10.3. The summed E-state index contributed by atoms with van der Waals surface area (Å²) in [4.78, 5) is 0.00171. The van der Waals surface area contributed by atoms with E-state index in [1.807, 2.05) is 0 Å². The van der Waals surface area contributed by atoms with Crippen molar-refractivity contribution in [2.24, 2.45) is 0 Å². The predicted octanol–water partition coefficient (Wildman–Crippen LogP) is 2.77. The minimum absolute atomic E-state index is 0.00171. The third-order valence-electron chi connectivity index (χ3n) is 2.13. The van der Waals surface area contributed by atoms with Crippen LogP contribution >= 0.6 is 23.2 Å². The van der Waals surface area contributed by atoms with E-state index in [4.69, 9.17) is 27.9 Å². The van der Waals surface area contributed by atoms with Crippen LogP contribution < -0.4 is 9.46 Å². The molecule has 18 heavy (non-hydrogen) atoms. The zero-order valence-corrected chi connectivity index (χ0v) is 12.7. The van der Waals surface area contributed by atoms with E-state index in [-0.39, 0.29) is 22.6 Å². The van der Waals surface area contributed by atoms with Crippen molar-refractivity contribution in [3.05, 3.63) is 22.7 Å². The molecule has 0 spiro atoms. The van der Waals surface area contributed by atoms with Crippen LogP contribution in [0.4, 0.5) is 0 Å².